The Morgan fingerprint density at radius 1 is 1.42 bits per heavy atom. The Balaban J connectivity index is 2.28. The van der Waals surface area contributed by atoms with Crippen molar-refractivity contribution in [2.75, 3.05) is 13.1 Å². The lowest BCUT2D eigenvalue weighted by Crippen LogP contribution is -2.38. The van der Waals surface area contributed by atoms with Crippen LogP contribution in [0.3, 0.4) is 0 Å². The van der Waals surface area contributed by atoms with Gasteiger partial charge in [-0.2, -0.15) is 0 Å². The van der Waals surface area contributed by atoms with Gasteiger partial charge in [0.1, 0.15) is 0 Å². The summed E-state index contributed by atoms with van der Waals surface area (Å²) in [7, 11) is 0. The second kappa shape index (κ2) is 6.57. The molecule has 0 aliphatic heterocycles. The highest BCUT2D eigenvalue weighted by molar-refractivity contribution is 9.10. The van der Waals surface area contributed by atoms with Gasteiger partial charge in [0.15, 0.2) is 0 Å². The van der Waals surface area contributed by atoms with Crippen LogP contribution in [0.2, 0.25) is 5.02 Å². The van der Waals surface area contributed by atoms with E-state index in [-0.39, 0.29) is 6.04 Å². The zero-order chi connectivity index (χ0) is 14.0. The smallest absolute Gasteiger partial charge is 0.0488 e. The van der Waals surface area contributed by atoms with Gasteiger partial charge in [0.25, 0.3) is 0 Å². The normalized spacial score (nSPS) is 17.2. The number of hydrogen-bond acceptors (Lipinski definition) is 2. The minimum atomic E-state index is 0.222. The molecular weight excluding hydrogens is 324 g/mol. The lowest BCUT2D eigenvalue weighted by molar-refractivity contribution is 0.169. The standard InChI is InChI=1S/C15H22BrClN2/c1-10(2)9-19(12-4-5-12)15(8-18)13-7-11(16)3-6-14(13)17/h3,6-7,10,12,15H,4-5,8-9,18H2,1-2H3. The molecule has 0 aromatic heterocycles. The summed E-state index contributed by atoms with van der Waals surface area (Å²) in [5.74, 6) is 0.639. The zero-order valence-corrected chi connectivity index (χ0v) is 13.9. The second-order valence-electron chi connectivity index (χ2n) is 5.74. The van der Waals surface area contributed by atoms with Gasteiger partial charge in [0.05, 0.1) is 0 Å². The van der Waals surface area contributed by atoms with E-state index in [9.17, 15) is 0 Å². The molecule has 2 nitrogen and oxygen atoms in total. The SMILES string of the molecule is CC(C)CN(C1CC1)C(CN)c1cc(Br)ccc1Cl. The van der Waals surface area contributed by atoms with Crippen molar-refractivity contribution in [3.05, 3.63) is 33.3 Å². The van der Waals surface area contributed by atoms with Crippen LogP contribution >= 0.6 is 27.5 Å². The predicted molar refractivity (Wildman–Crippen MR) is 85.5 cm³/mol. The van der Waals surface area contributed by atoms with E-state index >= 15 is 0 Å². The first kappa shape index (κ1) is 15.3. The minimum absolute atomic E-state index is 0.222. The number of rotatable bonds is 6. The highest BCUT2D eigenvalue weighted by atomic mass is 79.9. The van der Waals surface area contributed by atoms with Crippen LogP contribution in [0.4, 0.5) is 0 Å². The topological polar surface area (TPSA) is 29.3 Å². The molecule has 1 aliphatic carbocycles. The third-order valence-corrected chi connectivity index (χ3v) is 4.37. The van der Waals surface area contributed by atoms with Crippen molar-refractivity contribution in [3.63, 3.8) is 0 Å². The molecular formula is C15H22BrClN2. The number of nitrogens with two attached hydrogens (primary N) is 1. The Morgan fingerprint density at radius 3 is 2.63 bits per heavy atom. The summed E-state index contributed by atoms with van der Waals surface area (Å²) >= 11 is 9.90. The average Bonchev–Trinajstić information content (AvgIpc) is 3.16. The van der Waals surface area contributed by atoms with Gasteiger partial charge in [0, 0.05) is 34.7 Å². The molecule has 0 saturated heterocycles. The summed E-state index contributed by atoms with van der Waals surface area (Å²) in [5, 5.41) is 0.813. The summed E-state index contributed by atoms with van der Waals surface area (Å²) in [6.45, 7) is 6.20. The molecule has 1 atom stereocenters. The van der Waals surface area contributed by atoms with E-state index in [1.165, 1.54) is 12.8 Å². The van der Waals surface area contributed by atoms with Gasteiger partial charge >= 0.3 is 0 Å². The first-order valence-electron chi connectivity index (χ1n) is 6.93. The van der Waals surface area contributed by atoms with Gasteiger partial charge in [-0.1, -0.05) is 41.4 Å². The van der Waals surface area contributed by atoms with Crippen molar-refractivity contribution in [1.82, 2.24) is 4.90 Å². The monoisotopic (exact) mass is 344 g/mol. The van der Waals surface area contributed by atoms with Gasteiger partial charge in [-0.05, 0) is 42.5 Å². The highest BCUT2D eigenvalue weighted by Crippen LogP contribution is 2.37. The van der Waals surface area contributed by atoms with Gasteiger partial charge in [-0.15, -0.1) is 0 Å². The van der Waals surface area contributed by atoms with Gasteiger partial charge in [-0.25, -0.2) is 0 Å². The van der Waals surface area contributed by atoms with E-state index in [1.54, 1.807) is 0 Å². The summed E-state index contributed by atoms with van der Waals surface area (Å²) in [5.41, 5.74) is 7.19. The van der Waals surface area contributed by atoms with Crippen LogP contribution in [0.25, 0.3) is 0 Å². The van der Waals surface area contributed by atoms with E-state index in [0.717, 1.165) is 21.6 Å². The van der Waals surface area contributed by atoms with E-state index in [1.807, 2.05) is 12.1 Å². The van der Waals surface area contributed by atoms with Crippen LogP contribution < -0.4 is 5.73 Å². The first-order chi connectivity index (χ1) is 9.02. The van der Waals surface area contributed by atoms with E-state index in [2.05, 4.69) is 40.7 Å². The number of hydrogen-bond donors (Lipinski definition) is 1. The van der Waals surface area contributed by atoms with Gasteiger partial charge < -0.3 is 5.73 Å². The fraction of sp³-hybridized carbons (Fsp3) is 0.600. The third kappa shape index (κ3) is 3.94. The van der Waals surface area contributed by atoms with Crippen LogP contribution in [-0.2, 0) is 0 Å². The Hall–Kier alpha value is -0.0900. The van der Waals surface area contributed by atoms with Crippen molar-refractivity contribution in [2.45, 2.75) is 38.8 Å². The molecule has 0 heterocycles. The van der Waals surface area contributed by atoms with Crippen molar-refractivity contribution >= 4 is 27.5 Å². The molecule has 4 heteroatoms. The molecule has 106 valence electrons. The Morgan fingerprint density at radius 2 is 2.11 bits per heavy atom. The Kier molecular flexibility index (Phi) is 5.29. The number of benzene rings is 1. The van der Waals surface area contributed by atoms with Crippen LogP contribution in [0.15, 0.2) is 22.7 Å². The quantitative estimate of drug-likeness (QED) is 0.836. The van der Waals surface area contributed by atoms with E-state index in [0.29, 0.717) is 18.5 Å². The summed E-state index contributed by atoms with van der Waals surface area (Å²) in [6, 6.07) is 6.94. The molecule has 1 saturated carbocycles. The molecule has 19 heavy (non-hydrogen) atoms. The maximum absolute atomic E-state index is 6.37. The summed E-state index contributed by atoms with van der Waals surface area (Å²) < 4.78 is 1.06. The molecule has 1 aromatic rings. The van der Waals surface area contributed by atoms with Crippen molar-refractivity contribution in [3.8, 4) is 0 Å². The summed E-state index contributed by atoms with van der Waals surface area (Å²) in [4.78, 5) is 2.54. The lowest BCUT2D eigenvalue weighted by Gasteiger charge is -2.33. The molecule has 2 N–H and O–H groups in total. The molecule has 1 unspecified atom stereocenters. The molecule has 0 spiro atoms. The summed E-state index contributed by atoms with van der Waals surface area (Å²) in [6.07, 6.45) is 2.57. The molecule has 0 bridgehead atoms. The van der Waals surface area contributed by atoms with Crippen LogP contribution in [0, 0.1) is 5.92 Å². The maximum atomic E-state index is 6.37. The number of nitrogens with zero attached hydrogens (tertiary/aromatic N) is 1. The molecule has 1 fully saturated rings. The minimum Gasteiger partial charge on any atom is -0.329 e. The highest BCUT2D eigenvalue weighted by Gasteiger charge is 2.35. The largest absolute Gasteiger partial charge is 0.329 e. The maximum Gasteiger partial charge on any atom is 0.0488 e. The van der Waals surface area contributed by atoms with Crippen LogP contribution in [-0.4, -0.2) is 24.0 Å². The molecule has 1 aliphatic rings. The van der Waals surface area contributed by atoms with Gasteiger partial charge in [0.2, 0.25) is 0 Å². The van der Waals surface area contributed by atoms with Crippen molar-refractivity contribution in [1.29, 1.82) is 0 Å². The van der Waals surface area contributed by atoms with Crippen LogP contribution in [0.5, 0.6) is 0 Å². The fourth-order valence-electron chi connectivity index (χ4n) is 2.57. The molecule has 1 aromatic carbocycles. The first-order valence-corrected chi connectivity index (χ1v) is 8.10. The molecule has 0 radical (unpaired) electrons. The fourth-order valence-corrected chi connectivity index (χ4v) is 3.19. The lowest BCUT2D eigenvalue weighted by atomic mass is 10.0. The third-order valence-electron chi connectivity index (χ3n) is 3.53. The second-order valence-corrected chi connectivity index (χ2v) is 7.06. The molecule has 0 amide bonds. The predicted octanol–water partition coefficient (Wildman–Crippen LogP) is 4.22. The Labute approximate surface area is 129 Å². The zero-order valence-electron chi connectivity index (χ0n) is 11.6. The van der Waals surface area contributed by atoms with E-state index in [4.69, 9.17) is 17.3 Å². The Bertz CT molecular complexity index is 432. The van der Waals surface area contributed by atoms with E-state index < -0.39 is 0 Å². The molecule has 2 rings (SSSR count). The van der Waals surface area contributed by atoms with Gasteiger partial charge in [-0.3, -0.25) is 4.90 Å². The number of halogens is 2. The van der Waals surface area contributed by atoms with Crippen molar-refractivity contribution < 1.29 is 0 Å². The average molecular weight is 346 g/mol. The van der Waals surface area contributed by atoms with Crippen LogP contribution in [0.1, 0.15) is 38.3 Å². The van der Waals surface area contributed by atoms with Crippen molar-refractivity contribution in [2.24, 2.45) is 11.7 Å².